The lowest BCUT2D eigenvalue weighted by Crippen LogP contribution is -2.08. The minimum absolute atomic E-state index is 0.576. The summed E-state index contributed by atoms with van der Waals surface area (Å²) in [5.41, 5.74) is 8.33. The molecule has 0 spiro atoms. The van der Waals surface area contributed by atoms with Crippen LogP contribution >= 0.6 is 0 Å². The summed E-state index contributed by atoms with van der Waals surface area (Å²) in [6.45, 7) is 7.14. The number of nitrogens with zero attached hydrogens (tertiary/aromatic N) is 3. The van der Waals surface area contributed by atoms with Gasteiger partial charge in [-0.3, -0.25) is 0 Å². The highest BCUT2D eigenvalue weighted by atomic mass is 16.5. The third-order valence-electron chi connectivity index (χ3n) is 2.59. The lowest BCUT2D eigenvalue weighted by Gasteiger charge is -2.07. The van der Waals surface area contributed by atoms with Crippen LogP contribution in [-0.4, -0.2) is 14.9 Å². The predicted molar refractivity (Wildman–Crippen MR) is 65.6 cm³/mol. The van der Waals surface area contributed by atoms with E-state index in [0.29, 0.717) is 12.2 Å². The molecule has 6 heteroatoms. The zero-order valence-corrected chi connectivity index (χ0v) is 10.3. The van der Waals surface area contributed by atoms with Crippen molar-refractivity contribution in [2.75, 3.05) is 11.1 Å². The van der Waals surface area contributed by atoms with Gasteiger partial charge < -0.3 is 15.6 Å². The molecule has 0 bridgehead atoms. The number of anilines is 2. The highest BCUT2D eigenvalue weighted by Crippen LogP contribution is 2.22. The minimum atomic E-state index is 0.576. The molecule has 0 amide bonds. The molecule has 3 N–H and O–H groups in total. The van der Waals surface area contributed by atoms with Crippen LogP contribution in [0.3, 0.4) is 0 Å². The molecule has 0 aliphatic heterocycles. The Morgan fingerprint density at radius 2 is 2.24 bits per heavy atom. The Morgan fingerprint density at radius 3 is 2.82 bits per heavy atom. The van der Waals surface area contributed by atoms with Crippen LogP contribution in [0.25, 0.3) is 0 Å². The molecule has 0 aliphatic rings. The van der Waals surface area contributed by atoms with Crippen molar-refractivity contribution in [1.82, 2.24) is 14.9 Å². The number of nitrogen functional groups attached to an aromatic ring is 1. The molecule has 0 aromatic carbocycles. The summed E-state index contributed by atoms with van der Waals surface area (Å²) in [6, 6.07) is 1.89. The van der Waals surface area contributed by atoms with Gasteiger partial charge in [0, 0.05) is 12.6 Å². The molecule has 0 aliphatic carbocycles. The van der Waals surface area contributed by atoms with Crippen LogP contribution in [0.5, 0.6) is 0 Å². The molecule has 2 aromatic rings. The van der Waals surface area contributed by atoms with Gasteiger partial charge in [-0.15, -0.1) is 0 Å². The van der Waals surface area contributed by atoms with Crippen molar-refractivity contribution >= 4 is 11.5 Å². The smallest absolute Gasteiger partial charge is 0.148 e. The average molecular weight is 235 g/mol. The number of nitrogens with one attached hydrogen (secondary N) is 1. The summed E-state index contributed by atoms with van der Waals surface area (Å²) in [5, 5.41) is 11.5. The summed E-state index contributed by atoms with van der Waals surface area (Å²) in [6.07, 6.45) is 0. The van der Waals surface area contributed by atoms with Gasteiger partial charge in [0.15, 0.2) is 0 Å². The van der Waals surface area contributed by atoms with Crippen molar-refractivity contribution in [3.8, 4) is 0 Å². The molecule has 0 fully saturated rings. The number of hydrogen-bond donors (Lipinski definition) is 2. The summed E-state index contributed by atoms with van der Waals surface area (Å²) in [5.74, 6) is 1.64. The van der Waals surface area contributed by atoms with Crippen molar-refractivity contribution in [3.05, 3.63) is 23.2 Å². The maximum atomic E-state index is 5.96. The molecule has 2 rings (SSSR count). The quantitative estimate of drug-likeness (QED) is 0.842. The van der Waals surface area contributed by atoms with Crippen LogP contribution in [-0.2, 0) is 13.1 Å². The molecule has 0 saturated carbocycles. The standard InChI is InChI=1S/C11H17N5O/c1-4-16-11(10(12)8(3)14-16)13-6-9-5-7(2)17-15-9/h5,13H,4,6,12H2,1-3H3. The molecule has 0 atom stereocenters. The van der Waals surface area contributed by atoms with Gasteiger partial charge in [-0.05, 0) is 20.8 Å². The van der Waals surface area contributed by atoms with Crippen LogP contribution in [0.15, 0.2) is 10.6 Å². The van der Waals surface area contributed by atoms with Crippen molar-refractivity contribution in [1.29, 1.82) is 0 Å². The minimum Gasteiger partial charge on any atom is -0.394 e. The molecule has 92 valence electrons. The van der Waals surface area contributed by atoms with E-state index in [0.717, 1.165) is 29.5 Å². The first kappa shape index (κ1) is 11.5. The molecule has 0 saturated heterocycles. The van der Waals surface area contributed by atoms with Gasteiger partial charge in [0.25, 0.3) is 0 Å². The van der Waals surface area contributed by atoms with E-state index < -0.39 is 0 Å². The SMILES string of the molecule is CCn1nc(C)c(N)c1NCc1cc(C)on1. The molecule has 0 radical (unpaired) electrons. The molecular weight excluding hydrogens is 218 g/mol. The average Bonchev–Trinajstić information content (AvgIpc) is 2.83. The van der Waals surface area contributed by atoms with Crippen LogP contribution in [0.1, 0.15) is 24.1 Å². The third kappa shape index (κ3) is 2.25. The number of nitrogens with two attached hydrogens (primary N) is 1. The molecule has 17 heavy (non-hydrogen) atoms. The van der Waals surface area contributed by atoms with Crippen LogP contribution < -0.4 is 11.1 Å². The van der Waals surface area contributed by atoms with E-state index in [1.807, 2.05) is 31.5 Å². The molecule has 0 unspecified atom stereocenters. The second-order valence-corrected chi connectivity index (χ2v) is 3.95. The lowest BCUT2D eigenvalue weighted by atomic mass is 10.3. The largest absolute Gasteiger partial charge is 0.394 e. The van der Waals surface area contributed by atoms with Crippen molar-refractivity contribution in [2.24, 2.45) is 0 Å². The van der Waals surface area contributed by atoms with Crippen LogP contribution in [0.2, 0.25) is 0 Å². The summed E-state index contributed by atoms with van der Waals surface area (Å²) in [7, 11) is 0. The first-order valence-corrected chi connectivity index (χ1v) is 5.60. The third-order valence-corrected chi connectivity index (χ3v) is 2.59. The number of aryl methyl sites for hydroxylation is 3. The van der Waals surface area contributed by atoms with E-state index in [1.165, 1.54) is 0 Å². The predicted octanol–water partition coefficient (Wildman–Crippen LogP) is 1.70. The lowest BCUT2D eigenvalue weighted by molar-refractivity contribution is 0.391. The first-order chi connectivity index (χ1) is 8.11. The van der Waals surface area contributed by atoms with Gasteiger partial charge >= 0.3 is 0 Å². The highest BCUT2D eigenvalue weighted by molar-refractivity contribution is 5.64. The summed E-state index contributed by atoms with van der Waals surface area (Å²) < 4.78 is 6.85. The number of hydrogen-bond acceptors (Lipinski definition) is 5. The number of rotatable bonds is 4. The van der Waals surface area contributed by atoms with Crippen LogP contribution in [0.4, 0.5) is 11.5 Å². The maximum absolute atomic E-state index is 5.96. The van der Waals surface area contributed by atoms with E-state index >= 15 is 0 Å². The Kier molecular flexibility index (Phi) is 3.03. The fourth-order valence-electron chi connectivity index (χ4n) is 1.69. The van der Waals surface area contributed by atoms with Gasteiger partial charge in [0.2, 0.25) is 0 Å². The Bertz CT molecular complexity index is 514. The molecule has 2 heterocycles. The van der Waals surface area contributed by atoms with Crippen molar-refractivity contribution in [2.45, 2.75) is 33.9 Å². The van der Waals surface area contributed by atoms with E-state index in [4.69, 9.17) is 10.3 Å². The normalized spacial score (nSPS) is 10.8. The van der Waals surface area contributed by atoms with Gasteiger partial charge in [-0.2, -0.15) is 5.10 Å². The maximum Gasteiger partial charge on any atom is 0.148 e. The highest BCUT2D eigenvalue weighted by Gasteiger charge is 2.11. The van der Waals surface area contributed by atoms with Crippen LogP contribution in [0, 0.1) is 13.8 Å². The zero-order chi connectivity index (χ0) is 12.4. The summed E-state index contributed by atoms with van der Waals surface area (Å²) in [4.78, 5) is 0. The second kappa shape index (κ2) is 4.48. The van der Waals surface area contributed by atoms with Gasteiger partial charge in [0.05, 0.1) is 17.9 Å². The fraction of sp³-hybridized carbons (Fsp3) is 0.455. The number of aromatic nitrogens is 3. The van der Waals surface area contributed by atoms with E-state index in [9.17, 15) is 0 Å². The van der Waals surface area contributed by atoms with E-state index in [2.05, 4.69) is 15.6 Å². The molecular formula is C11H17N5O. The molecule has 2 aromatic heterocycles. The van der Waals surface area contributed by atoms with E-state index in [1.54, 1.807) is 0 Å². The van der Waals surface area contributed by atoms with E-state index in [-0.39, 0.29) is 0 Å². The topological polar surface area (TPSA) is 81.9 Å². The van der Waals surface area contributed by atoms with Gasteiger partial charge in [0.1, 0.15) is 17.3 Å². The fourth-order valence-corrected chi connectivity index (χ4v) is 1.69. The van der Waals surface area contributed by atoms with Crippen molar-refractivity contribution < 1.29 is 4.52 Å². The first-order valence-electron chi connectivity index (χ1n) is 5.60. The van der Waals surface area contributed by atoms with Crippen molar-refractivity contribution in [3.63, 3.8) is 0 Å². The Labute approximate surface area is 99.8 Å². The second-order valence-electron chi connectivity index (χ2n) is 3.95. The monoisotopic (exact) mass is 235 g/mol. The Morgan fingerprint density at radius 1 is 1.47 bits per heavy atom. The Hall–Kier alpha value is -1.98. The van der Waals surface area contributed by atoms with Gasteiger partial charge in [-0.25, -0.2) is 4.68 Å². The zero-order valence-electron chi connectivity index (χ0n) is 10.3. The Balaban J connectivity index is 2.13. The van der Waals surface area contributed by atoms with Gasteiger partial charge in [-0.1, -0.05) is 5.16 Å². The molecule has 6 nitrogen and oxygen atoms in total. The summed E-state index contributed by atoms with van der Waals surface area (Å²) >= 11 is 0.